The van der Waals surface area contributed by atoms with Crippen molar-refractivity contribution in [3.8, 4) is 0 Å². The van der Waals surface area contributed by atoms with E-state index in [4.69, 9.17) is 0 Å². The second kappa shape index (κ2) is 4.77. The maximum atomic E-state index is 12.3. The van der Waals surface area contributed by atoms with E-state index in [1.54, 1.807) is 6.07 Å². The Morgan fingerprint density at radius 3 is 1.67 bits per heavy atom. The van der Waals surface area contributed by atoms with Crippen LogP contribution in [0.4, 0.5) is 11.6 Å². The summed E-state index contributed by atoms with van der Waals surface area (Å²) in [5.74, 6) is 1.35. The minimum absolute atomic E-state index is 0.0568. The standard InChI is InChI=1S/C18H22N4O2/c23-15(11-8-17(11)3-1-4-17)21-13-7-14(20-10-19-13)22-16(24)12-9-18(12)5-2-6-18/h7,10-12H,1-6,8-9H2,(H2,19,20,21,22,23,24). The molecule has 126 valence electrons. The van der Waals surface area contributed by atoms with Gasteiger partial charge in [-0.05, 0) is 49.4 Å². The minimum Gasteiger partial charge on any atom is -0.310 e. The van der Waals surface area contributed by atoms with Crippen molar-refractivity contribution in [2.75, 3.05) is 10.6 Å². The Hall–Kier alpha value is -1.98. The first kappa shape index (κ1) is 14.4. The second-order valence-corrected chi connectivity index (χ2v) is 8.21. The van der Waals surface area contributed by atoms with Crippen LogP contribution in [0.1, 0.15) is 51.4 Å². The molecule has 0 aliphatic heterocycles. The highest BCUT2D eigenvalue weighted by molar-refractivity contribution is 5.96. The van der Waals surface area contributed by atoms with Crippen molar-refractivity contribution in [3.05, 3.63) is 12.4 Å². The Labute approximate surface area is 140 Å². The van der Waals surface area contributed by atoms with Gasteiger partial charge in [-0.1, -0.05) is 12.8 Å². The summed E-state index contributed by atoms with van der Waals surface area (Å²) in [5, 5.41) is 5.77. The molecule has 2 spiro atoms. The molecular weight excluding hydrogens is 304 g/mol. The van der Waals surface area contributed by atoms with Crippen molar-refractivity contribution in [1.82, 2.24) is 9.97 Å². The van der Waals surface area contributed by atoms with E-state index in [2.05, 4.69) is 20.6 Å². The van der Waals surface area contributed by atoms with E-state index in [1.165, 1.54) is 44.9 Å². The largest absolute Gasteiger partial charge is 0.310 e. The van der Waals surface area contributed by atoms with E-state index < -0.39 is 0 Å². The van der Waals surface area contributed by atoms with Gasteiger partial charge in [0.15, 0.2) is 0 Å². The molecule has 6 heteroatoms. The lowest BCUT2D eigenvalue weighted by Crippen LogP contribution is -2.24. The predicted octanol–water partition coefficient (Wildman–Crippen LogP) is 2.73. The SMILES string of the molecule is O=C(Nc1cc(NC(=O)C2CC23CCC3)ncn1)C1CC12CCC2. The molecule has 0 radical (unpaired) electrons. The van der Waals surface area contributed by atoms with Crippen LogP contribution in [0.2, 0.25) is 0 Å². The van der Waals surface area contributed by atoms with Crippen LogP contribution in [0.3, 0.4) is 0 Å². The van der Waals surface area contributed by atoms with Crippen molar-refractivity contribution >= 4 is 23.5 Å². The first-order valence-electron chi connectivity index (χ1n) is 9.04. The Balaban J connectivity index is 1.20. The summed E-state index contributed by atoms with van der Waals surface area (Å²) in [7, 11) is 0. The summed E-state index contributed by atoms with van der Waals surface area (Å²) < 4.78 is 0. The van der Waals surface area contributed by atoms with Crippen LogP contribution in [0.15, 0.2) is 12.4 Å². The molecule has 4 saturated carbocycles. The molecule has 24 heavy (non-hydrogen) atoms. The second-order valence-electron chi connectivity index (χ2n) is 8.21. The summed E-state index contributed by atoms with van der Waals surface area (Å²) in [6, 6.07) is 1.65. The zero-order chi connectivity index (χ0) is 16.4. The van der Waals surface area contributed by atoms with Gasteiger partial charge in [0.1, 0.15) is 18.0 Å². The number of nitrogens with zero attached hydrogens (tertiary/aromatic N) is 2. The highest BCUT2D eigenvalue weighted by Gasteiger charge is 2.61. The summed E-state index contributed by atoms with van der Waals surface area (Å²) >= 11 is 0. The average molecular weight is 326 g/mol. The summed E-state index contributed by atoms with van der Waals surface area (Å²) in [6.07, 6.45) is 10.6. The van der Waals surface area contributed by atoms with Gasteiger partial charge >= 0.3 is 0 Å². The fourth-order valence-corrected chi connectivity index (χ4v) is 4.72. The fourth-order valence-electron chi connectivity index (χ4n) is 4.72. The van der Waals surface area contributed by atoms with E-state index in [0.29, 0.717) is 22.5 Å². The molecule has 5 rings (SSSR count). The molecule has 1 aromatic heterocycles. The summed E-state index contributed by atoms with van der Waals surface area (Å²) in [4.78, 5) is 32.8. The Morgan fingerprint density at radius 2 is 1.33 bits per heavy atom. The van der Waals surface area contributed by atoms with Crippen LogP contribution in [0.5, 0.6) is 0 Å². The normalized spacial score (nSPS) is 30.2. The van der Waals surface area contributed by atoms with Crippen LogP contribution in [-0.2, 0) is 9.59 Å². The monoisotopic (exact) mass is 326 g/mol. The summed E-state index contributed by atoms with van der Waals surface area (Å²) in [6.45, 7) is 0. The number of hydrogen-bond donors (Lipinski definition) is 2. The van der Waals surface area contributed by atoms with Gasteiger partial charge < -0.3 is 10.6 Å². The van der Waals surface area contributed by atoms with Crippen LogP contribution >= 0.6 is 0 Å². The zero-order valence-corrected chi connectivity index (χ0v) is 13.7. The fraction of sp³-hybridized carbons (Fsp3) is 0.667. The number of hydrogen-bond acceptors (Lipinski definition) is 4. The number of rotatable bonds is 4. The van der Waals surface area contributed by atoms with E-state index in [-0.39, 0.29) is 23.7 Å². The molecule has 2 amide bonds. The van der Waals surface area contributed by atoms with Gasteiger partial charge in [0.25, 0.3) is 0 Å². The molecule has 2 unspecified atom stereocenters. The first-order valence-corrected chi connectivity index (χ1v) is 9.04. The van der Waals surface area contributed by atoms with Gasteiger partial charge in [0.05, 0.1) is 0 Å². The highest BCUT2D eigenvalue weighted by atomic mass is 16.2. The lowest BCUT2D eigenvalue weighted by molar-refractivity contribution is -0.119. The first-order chi connectivity index (χ1) is 11.6. The van der Waals surface area contributed by atoms with Crippen molar-refractivity contribution in [2.24, 2.45) is 22.7 Å². The van der Waals surface area contributed by atoms with E-state index in [1.807, 2.05) is 0 Å². The zero-order valence-electron chi connectivity index (χ0n) is 13.7. The number of aromatic nitrogens is 2. The Bertz CT molecular complexity index is 666. The van der Waals surface area contributed by atoms with Crippen molar-refractivity contribution in [3.63, 3.8) is 0 Å². The third-order valence-electron chi connectivity index (χ3n) is 6.88. The molecule has 1 heterocycles. The molecule has 0 aromatic carbocycles. The number of carbonyl (C=O) groups excluding carboxylic acids is 2. The molecule has 4 aliphatic rings. The molecule has 6 nitrogen and oxygen atoms in total. The molecule has 4 fully saturated rings. The van der Waals surface area contributed by atoms with Gasteiger partial charge in [0, 0.05) is 17.9 Å². The van der Waals surface area contributed by atoms with Gasteiger partial charge in [-0.2, -0.15) is 0 Å². The van der Waals surface area contributed by atoms with Crippen molar-refractivity contribution in [2.45, 2.75) is 51.4 Å². The lowest BCUT2D eigenvalue weighted by atomic mass is 9.80. The Kier molecular flexibility index (Phi) is 2.86. The molecule has 2 atom stereocenters. The number of carbonyl (C=O) groups is 2. The predicted molar refractivity (Wildman–Crippen MR) is 88.1 cm³/mol. The average Bonchev–Trinajstić information content (AvgIpc) is 3.36. The van der Waals surface area contributed by atoms with Crippen LogP contribution in [0.25, 0.3) is 0 Å². The maximum absolute atomic E-state index is 12.3. The van der Waals surface area contributed by atoms with Gasteiger partial charge in [-0.3, -0.25) is 9.59 Å². The van der Waals surface area contributed by atoms with E-state index >= 15 is 0 Å². The van der Waals surface area contributed by atoms with Gasteiger partial charge in [0.2, 0.25) is 11.8 Å². The smallest absolute Gasteiger partial charge is 0.229 e. The third kappa shape index (κ3) is 2.15. The van der Waals surface area contributed by atoms with Crippen LogP contribution in [-0.4, -0.2) is 21.8 Å². The molecule has 2 N–H and O–H groups in total. The number of anilines is 2. The minimum atomic E-state index is 0.0568. The van der Waals surface area contributed by atoms with Gasteiger partial charge in [-0.25, -0.2) is 9.97 Å². The molecule has 1 aromatic rings. The van der Waals surface area contributed by atoms with Crippen LogP contribution < -0.4 is 10.6 Å². The molecule has 0 bridgehead atoms. The van der Waals surface area contributed by atoms with E-state index in [9.17, 15) is 9.59 Å². The highest BCUT2D eigenvalue weighted by Crippen LogP contribution is 2.66. The lowest BCUT2D eigenvalue weighted by Gasteiger charge is -2.26. The topological polar surface area (TPSA) is 84.0 Å². The van der Waals surface area contributed by atoms with Crippen molar-refractivity contribution in [1.29, 1.82) is 0 Å². The van der Waals surface area contributed by atoms with Gasteiger partial charge in [-0.15, -0.1) is 0 Å². The Morgan fingerprint density at radius 1 is 0.875 bits per heavy atom. The van der Waals surface area contributed by atoms with Crippen LogP contribution in [0, 0.1) is 22.7 Å². The quantitative estimate of drug-likeness (QED) is 0.891. The number of amides is 2. The van der Waals surface area contributed by atoms with Crippen molar-refractivity contribution < 1.29 is 9.59 Å². The van der Waals surface area contributed by atoms with E-state index in [0.717, 1.165) is 12.8 Å². The maximum Gasteiger partial charge on any atom is 0.229 e. The molecule has 0 saturated heterocycles. The molecular formula is C18H22N4O2. The number of nitrogens with one attached hydrogen (secondary N) is 2. The summed E-state index contributed by atoms with van der Waals surface area (Å²) in [5.41, 5.74) is 0.606. The molecule has 4 aliphatic carbocycles. The third-order valence-corrected chi connectivity index (χ3v) is 6.88.